The zero-order valence-electron chi connectivity index (χ0n) is 10.9. The SMILES string of the molecule is CC(C)(C(=O)NC1CCSC1)c1ccc(N)cc1. The van der Waals surface area contributed by atoms with Gasteiger partial charge >= 0.3 is 0 Å². The van der Waals surface area contributed by atoms with Crippen LogP contribution in [0.1, 0.15) is 25.8 Å². The van der Waals surface area contributed by atoms with Gasteiger partial charge in [-0.05, 0) is 43.7 Å². The molecule has 0 bridgehead atoms. The van der Waals surface area contributed by atoms with Crippen LogP contribution >= 0.6 is 11.8 Å². The first kappa shape index (κ1) is 13.3. The number of carbonyl (C=O) groups excluding carboxylic acids is 1. The molecule has 3 nitrogen and oxygen atoms in total. The smallest absolute Gasteiger partial charge is 0.230 e. The van der Waals surface area contributed by atoms with E-state index in [4.69, 9.17) is 5.73 Å². The lowest BCUT2D eigenvalue weighted by Gasteiger charge is -2.26. The molecule has 1 atom stereocenters. The molecule has 1 aliphatic rings. The van der Waals surface area contributed by atoms with Gasteiger partial charge in [-0.1, -0.05) is 12.1 Å². The van der Waals surface area contributed by atoms with Crippen molar-refractivity contribution in [2.24, 2.45) is 0 Å². The standard InChI is InChI=1S/C14H20N2OS/c1-14(2,10-3-5-11(15)6-4-10)13(17)16-12-7-8-18-9-12/h3-6,12H,7-9,15H2,1-2H3,(H,16,17). The molecular weight excluding hydrogens is 244 g/mol. The molecule has 2 rings (SSSR count). The summed E-state index contributed by atoms with van der Waals surface area (Å²) in [5.74, 6) is 2.27. The molecule has 0 aliphatic carbocycles. The van der Waals surface area contributed by atoms with Gasteiger partial charge in [0.25, 0.3) is 0 Å². The molecule has 1 aromatic rings. The van der Waals surface area contributed by atoms with E-state index in [1.165, 1.54) is 0 Å². The van der Waals surface area contributed by atoms with Crippen molar-refractivity contribution in [3.05, 3.63) is 29.8 Å². The second-order valence-electron chi connectivity index (χ2n) is 5.28. The van der Waals surface area contributed by atoms with Gasteiger partial charge in [-0.3, -0.25) is 4.79 Å². The molecule has 3 N–H and O–H groups in total. The summed E-state index contributed by atoms with van der Waals surface area (Å²) in [7, 11) is 0. The highest BCUT2D eigenvalue weighted by Gasteiger charge is 2.31. The lowest BCUT2D eigenvalue weighted by Crippen LogP contribution is -2.45. The summed E-state index contributed by atoms with van der Waals surface area (Å²) in [6.07, 6.45) is 1.08. The number of thioether (sulfide) groups is 1. The molecule has 1 saturated heterocycles. The van der Waals surface area contributed by atoms with Gasteiger partial charge in [0.1, 0.15) is 0 Å². The maximum Gasteiger partial charge on any atom is 0.230 e. The molecule has 1 amide bonds. The summed E-state index contributed by atoms with van der Waals surface area (Å²) in [6, 6.07) is 7.87. The Balaban J connectivity index is 2.08. The molecule has 0 aromatic heterocycles. The van der Waals surface area contributed by atoms with Gasteiger partial charge < -0.3 is 11.1 Å². The molecule has 1 fully saturated rings. The molecule has 1 heterocycles. The van der Waals surface area contributed by atoms with E-state index < -0.39 is 5.41 Å². The van der Waals surface area contributed by atoms with Gasteiger partial charge in [-0.15, -0.1) is 0 Å². The van der Waals surface area contributed by atoms with E-state index in [1.54, 1.807) is 0 Å². The van der Waals surface area contributed by atoms with Crippen molar-refractivity contribution in [3.63, 3.8) is 0 Å². The number of amides is 1. The van der Waals surface area contributed by atoms with E-state index in [0.717, 1.165) is 29.2 Å². The summed E-state index contributed by atoms with van der Waals surface area (Å²) in [6.45, 7) is 3.91. The molecule has 0 radical (unpaired) electrons. The number of rotatable bonds is 3. The second kappa shape index (κ2) is 5.22. The van der Waals surface area contributed by atoms with Crippen molar-refractivity contribution < 1.29 is 4.79 Å². The summed E-state index contributed by atoms with van der Waals surface area (Å²) in [5, 5.41) is 3.14. The summed E-state index contributed by atoms with van der Waals surface area (Å²) in [4.78, 5) is 12.4. The van der Waals surface area contributed by atoms with Crippen LogP contribution in [0.4, 0.5) is 5.69 Å². The highest BCUT2D eigenvalue weighted by molar-refractivity contribution is 7.99. The Morgan fingerprint density at radius 3 is 2.61 bits per heavy atom. The van der Waals surface area contributed by atoms with Gasteiger partial charge in [0.05, 0.1) is 5.41 Å². The van der Waals surface area contributed by atoms with E-state index in [1.807, 2.05) is 49.9 Å². The van der Waals surface area contributed by atoms with Crippen LogP contribution in [-0.4, -0.2) is 23.5 Å². The molecule has 4 heteroatoms. The van der Waals surface area contributed by atoms with E-state index in [-0.39, 0.29) is 5.91 Å². The minimum absolute atomic E-state index is 0.0970. The second-order valence-corrected chi connectivity index (χ2v) is 6.43. The Morgan fingerprint density at radius 2 is 2.06 bits per heavy atom. The van der Waals surface area contributed by atoms with Crippen LogP contribution in [0.15, 0.2) is 24.3 Å². The number of nitrogen functional groups attached to an aromatic ring is 1. The summed E-state index contributed by atoms with van der Waals surface area (Å²) in [5.41, 5.74) is 6.89. The van der Waals surface area contributed by atoms with Crippen molar-refractivity contribution in [1.29, 1.82) is 0 Å². The monoisotopic (exact) mass is 264 g/mol. The topological polar surface area (TPSA) is 55.1 Å². The first-order valence-electron chi connectivity index (χ1n) is 6.25. The number of hydrogen-bond donors (Lipinski definition) is 2. The van der Waals surface area contributed by atoms with E-state index in [0.29, 0.717) is 6.04 Å². The Morgan fingerprint density at radius 1 is 1.39 bits per heavy atom. The van der Waals surface area contributed by atoms with Gasteiger partial charge in [-0.25, -0.2) is 0 Å². The Kier molecular flexibility index (Phi) is 3.85. The highest BCUT2D eigenvalue weighted by Crippen LogP contribution is 2.25. The number of carbonyl (C=O) groups is 1. The predicted octanol–water partition coefficient (Wildman–Crippen LogP) is 2.17. The fourth-order valence-electron chi connectivity index (χ4n) is 2.05. The quantitative estimate of drug-likeness (QED) is 0.823. The third kappa shape index (κ3) is 2.80. The van der Waals surface area contributed by atoms with Gasteiger partial charge in [0, 0.05) is 17.5 Å². The lowest BCUT2D eigenvalue weighted by atomic mass is 9.83. The van der Waals surface area contributed by atoms with Crippen LogP contribution in [0.2, 0.25) is 0 Å². The molecule has 0 spiro atoms. The predicted molar refractivity (Wildman–Crippen MR) is 77.8 cm³/mol. The fourth-order valence-corrected chi connectivity index (χ4v) is 3.20. The largest absolute Gasteiger partial charge is 0.399 e. The average Bonchev–Trinajstić information content (AvgIpc) is 2.82. The Hall–Kier alpha value is -1.16. The summed E-state index contributed by atoms with van der Waals surface area (Å²) >= 11 is 1.90. The van der Waals surface area contributed by atoms with Crippen molar-refractivity contribution >= 4 is 23.4 Å². The lowest BCUT2D eigenvalue weighted by molar-refractivity contribution is -0.126. The molecule has 0 saturated carbocycles. The van der Waals surface area contributed by atoms with Crippen LogP contribution in [0.5, 0.6) is 0 Å². The number of hydrogen-bond acceptors (Lipinski definition) is 3. The Labute approximate surface area is 113 Å². The highest BCUT2D eigenvalue weighted by atomic mass is 32.2. The minimum Gasteiger partial charge on any atom is -0.399 e. The van der Waals surface area contributed by atoms with Crippen molar-refractivity contribution in [1.82, 2.24) is 5.32 Å². The first-order chi connectivity index (χ1) is 8.50. The van der Waals surface area contributed by atoms with Crippen LogP contribution in [0.3, 0.4) is 0 Å². The molecular formula is C14H20N2OS. The van der Waals surface area contributed by atoms with Crippen molar-refractivity contribution in [3.8, 4) is 0 Å². The van der Waals surface area contributed by atoms with E-state index >= 15 is 0 Å². The van der Waals surface area contributed by atoms with Crippen molar-refractivity contribution in [2.75, 3.05) is 17.2 Å². The van der Waals surface area contributed by atoms with Crippen LogP contribution in [0, 0.1) is 0 Å². The van der Waals surface area contributed by atoms with Crippen LogP contribution in [0.25, 0.3) is 0 Å². The summed E-state index contributed by atoms with van der Waals surface area (Å²) < 4.78 is 0. The van der Waals surface area contributed by atoms with Gasteiger partial charge in [0.2, 0.25) is 5.91 Å². The zero-order chi connectivity index (χ0) is 13.2. The number of nitrogens with one attached hydrogen (secondary N) is 1. The Bertz CT molecular complexity index is 422. The third-order valence-electron chi connectivity index (χ3n) is 3.46. The average molecular weight is 264 g/mol. The molecule has 18 heavy (non-hydrogen) atoms. The molecule has 98 valence electrons. The van der Waals surface area contributed by atoms with Crippen LogP contribution < -0.4 is 11.1 Å². The van der Waals surface area contributed by atoms with E-state index in [9.17, 15) is 4.79 Å². The first-order valence-corrected chi connectivity index (χ1v) is 7.40. The third-order valence-corrected chi connectivity index (χ3v) is 4.63. The number of benzene rings is 1. The maximum atomic E-state index is 12.4. The van der Waals surface area contributed by atoms with Crippen molar-refractivity contribution in [2.45, 2.75) is 31.7 Å². The van der Waals surface area contributed by atoms with E-state index in [2.05, 4.69) is 5.32 Å². The fraction of sp³-hybridized carbons (Fsp3) is 0.500. The normalized spacial score (nSPS) is 19.8. The van der Waals surface area contributed by atoms with Crippen LogP contribution in [-0.2, 0) is 10.2 Å². The maximum absolute atomic E-state index is 12.4. The molecule has 1 unspecified atom stereocenters. The number of anilines is 1. The molecule has 1 aliphatic heterocycles. The number of nitrogens with two attached hydrogens (primary N) is 1. The molecule has 1 aromatic carbocycles. The minimum atomic E-state index is -0.513. The van der Waals surface area contributed by atoms with Gasteiger partial charge in [0.15, 0.2) is 0 Å². The zero-order valence-corrected chi connectivity index (χ0v) is 11.7. The van der Waals surface area contributed by atoms with Gasteiger partial charge in [-0.2, -0.15) is 11.8 Å².